The number of nitrogens with zero attached hydrogens (tertiary/aromatic N) is 1. The summed E-state index contributed by atoms with van der Waals surface area (Å²) in [5.41, 5.74) is -0.404. The second-order valence-electron chi connectivity index (χ2n) is 4.16. The molecule has 0 aliphatic carbocycles. The summed E-state index contributed by atoms with van der Waals surface area (Å²) in [6, 6.07) is 0.902. The summed E-state index contributed by atoms with van der Waals surface area (Å²) in [6.45, 7) is 9.03. The van der Waals surface area contributed by atoms with Gasteiger partial charge in [0.05, 0.1) is 0 Å². The molecule has 0 aromatic heterocycles. The minimum absolute atomic E-state index is 0.222. The first-order chi connectivity index (χ1) is 6.40. The van der Waals surface area contributed by atoms with E-state index in [0.717, 1.165) is 19.0 Å². The van der Waals surface area contributed by atoms with E-state index in [9.17, 15) is 4.79 Å². The van der Waals surface area contributed by atoms with Gasteiger partial charge in [0.25, 0.3) is 0 Å². The third-order valence-corrected chi connectivity index (χ3v) is 1.99. The molecular formula is C10H20NO2Si. The van der Waals surface area contributed by atoms with Crippen molar-refractivity contribution in [2.45, 2.75) is 45.8 Å². The molecule has 0 saturated carbocycles. The molecule has 0 bridgehead atoms. The van der Waals surface area contributed by atoms with Gasteiger partial charge in [0.15, 0.2) is 0 Å². The molecule has 0 spiro atoms. The highest BCUT2D eigenvalue weighted by atomic mass is 28.1. The molecule has 0 aliphatic rings. The fraction of sp³-hybridized carbons (Fsp3) is 0.900. The zero-order valence-electron chi connectivity index (χ0n) is 9.59. The minimum Gasteiger partial charge on any atom is -0.444 e. The van der Waals surface area contributed by atoms with Crippen LogP contribution in [0.25, 0.3) is 0 Å². The Hall–Kier alpha value is -0.513. The van der Waals surface area contributed by atoms with Crippen molar-refractivity contribution in [3.8, 4) is 0 Å². The predicted octanol–water partition coefficient (Wildman–Crippen LogP) is 2.22. The van der Waals surface area contributed by atoms with Gasteiger partial charge in [0.2, 0.25) is 0 Å². The molecule has 0 saturated heterocycles. The summed E-state index contributed by atoms with van der Waals surface area (Å²) in [5, 5.41) is 0. The van der Waals surface area contributed by atoms with E-state index in [0.29, 0.717) is 6.54 Å². The third kappa shape index (κ3) is 6.02. The van der Waals surface area contributed by atoms with Crippen LogP contribution in [0.3, 0.4) is 0 Å². The highest BCUT2D eigenvalue weighted by molar-refractivity contribution is 6.08. The fourth-order valence-electron chi connectivity index (χ4n) is 0.975. The standard InChI is InChI=1S/C10H20NO2Si/c1-5-11(7-6-8-14)9(12)13-10(2,3)4/h5-8H2,1-4H3. The third-order valence-electron chi connectivity index (χ3n) is 1.64. The van der Waals surface area contributed by atoms with Gasteiger partial charge in [0.1, 0.15) is 5.60 Å². The van der Waals surface area contributed by atoms with E-state index in [1.807, 2.05) is 27.7 Å². The van der Waals surface area contributed by atoms with Crippen LogP contribution in [0.5, 0.6) is 0 Å². The van der Waals surface area contributed by atoms with E-state index in [4.69, 9.17) is 4.74 Å². The van der Waals surface area contributed by atoms with Gasteiger partial charge < -0.3 is 9.64 Å². The van der Waals surface area contributed by atoms with Crippen molar-refractivity contribution < 1.29 is 9.53 Å². The first-order valence-electron chi connectivity index (χ1n) is 5.03. The number of carbonyl (C=O) groups is 1. The molecule has 81 valence electrons. The van der Waals surface area contributed by atoms with Crippen LogP contribution >= 0.6 is 0 Å². The van der Waals surface area contributed by atoms with Gasteiger partial charge in [-0.2, -0.15) is 0 Å². The maximum absolute atomic E-state index is 11.6. The Morgan fingerprint density at radius 3 is 2.36 bits per heavy atom. The van der Waals surface area contributed by atoms with Crippen molar-refractivity contribution >= 4 is 16.3 Å². The smallest absolute Gasteiger partial charge is 0.410 e. The number of hydrogen-bond donors (Lipinski definition) is 0. The zero-order valence-corrected chi connectivity index (χ0v) is 10.6. The van der Waals surface area contributed by atoms with Crippen molar-refractivity contribution in [3.05, 3.63) is 0 Å². The van der Waals surface area contributed by atoms with Gasteiger partial charge in [-0.1, -0.05) is 6.04 Å². The van der Waals surface area contributed by atoms with Crippen molar-refractivity contribution in [2.24, 2.45) is 0 Å². The monoisotopic (exact) mass is 214 g/mol. The maximum atomic E-state index is 11.6. The van der Waals surface area contributed by atoms with Crippen LogP contribution in [-0.2, 0) is 4.74 Å². The predicted molar refractivity (Wildman–Crippen MR) is 58.7 cm³/mol. The first kappa shape index (κ1) is 13.5. The van der Waals surface area contributed by atoms with Gasteiger partial charge in [-0.25, -0.2) is 4.79 Å². The normalized spacial score (nSPS) is 11.2. The maximum Gasteiger partial charge on any atom is 0.410 e. The van der Waals surface area contributed by atoms with Crippen molar-refractivity contribution in [2.75, 3.05) is 13.1 Å². The molecule has 0 N–H and O–H groups in total. The molecule has 4 heteroatoms. The van der Waals surface area contributed by atoms with Crippen molar-refractivity contribution in [1.29, 1.82) is 0 Å². The SMILES string of the molecule is CCN(CCC[Si])C(=O)OC(C)(C)C. The Balaban J connectivity index is 4.04. The Morgan fingerprint density at radius 1 is 1.43 bits per heavy atom. The van der Waals surface area contributed by atoms with E-state index in [1.54, 1.807) is 4.90 Å². The topological polar surface area (TPSA) is 29.5 Å². The second kappa shape index (κ2) is 6.06. The Labute approximate surface area is 90.2 Å². The lowest BCUT2D eigenvalue weighted by molar-refractivity contribution is 0.0260. The van der Waals surface area contributed by atoms with Gasteiger partial charge in [-0.3, -0.25) is 0 Å². The molecule has 1 amide bonds. The molecule has 0 fully saturated rings. The van der Waals surface area contributed by atoms with Gasteiger partial charge in [-0.15, -0.1) is 0 Å². The number of rotatable bonds is 4. The zero-order chi connectivity index (χ0) is 11.2. The Morgan fingerprint density at radius 2 is 2.00 bits per heavy atom. The molecule has 0 aromatic carbocycles. The van der Waals surface area contributed by atoms with Crippen molar-refractivity contribution in [3.63, 3.8) is 0 Å². The highest BCUT2D eigenvalue weighted by Crippen LogP contribution is 2.10. The van der Waals surface area contributed by atoms with Gasteiger partial charge in [0, 0.05) is 23.3 Å². The largest absolute Gasteiger partial charge is 0.444 e. The summed E-state index contributed by atoms with van der Waals surface area (Å²) < 4.78 is 5.26. The van der Waals surface area contributed by atoms with Crippen LogP contribution in [0.15, 0.2) is 0 Å². The Bertz CT molecular complexity index is 177. The van der Waals surface area contributed by atoms with E-state index in [2.05, 4.69) is 10.2 Å². The van der Waals surface area contributed by atoms with Crippen LogP contribution < -0.4 is 0 Å². The number of hydrogen-bond acceptors (Lipinski definition) is 2. The van der Waals surface area contributed by atoms with Crippen LogP contribution in [0.2, 0.25) is 6.04 Å². The van der Waals surface area contributed by atoms with Gasteiger partial charge >= 0.3 is 6.09 Å². The van der Waals surface area contributed by atoms with Crippen LogP contribution in [0.1, 0.15) is 34.1 Å². The van der Waals surface area contributed by atoms with E-state index < -0.39 is 5.60 Å². The lowest BCUT2D eigenvalue weighted by Gasteiger charge is -2.26. The summed E-state index contributed by atoms with van der Waals surface area (Å²) in [6.07, 6.45) is 0.726. The van der Waals surface area contributed by atoms with Crippen LogP contribution in [-0.4, -0.2) is 39.9 Å². The molecule has 0 aromatic rings. The molecule has 3 nitrogen and oxygen atoms in total. The summed E-state index contributed by atoms with van der Waals surface area (Å²) in [5.74, 6) is 0. The molecule has 14 heavy (non-hydrogen) atoms. The lowest BCUT2D eigenvalue weighted by Crippen LogP contribution is -2.37. The Kier molecular flexibility index (Phi) is 5.84. The number of carbonyl (C=O) groups excluding carboxylic acids is 1. The minimum atomic E-state index is -0.404. The first-order valence-corrected chi connectivity index (χ1v) is 5.74. The van der Waals surface area contributed by atoms with Crippen LogP contribution in [0.4, 0.5) is 4.79 Å². The second-order valence-corrected chi connectivity index (χ2v) is 4.66. The molecule has 0 aliphatic heterocycles. The molecular weight excluding hydrogens is 194 g/mol. The fourth-order valence-corrected chi connectivity index (χ4v) is 1.13. The molecule has 3 radical (unpaired) electrons. The quantitative estimate of drug-likeness (QED) is 0.672. The number of amides is 1. The number of ether oxygens (including phenoxy) is 1. The summed E-state index contributed by atoms with van der Waals surface area (Å²) >= 11 is 0. The van der Waals surface area contributed by atoms with E-state index in [-0.39, 0.29) is 6.09 Å². The summed E-state index contributed by atoms with van der Waals surface area (Å²) in [4.78, 5) is 13.3. The molecule has 0 heterocycles. The van der Waals surface area contributed by atoms with Gasteiger partial charge in [-0.05, 0) is 34.1 Å². The average molecular weight is 214 g/mol. The molecule has 0 unspecified atom stereocenters. The van der Waals surface area contributed by atoms with E-state index in [1.165, 1.54) is 0 Å². The molecule has 0 atom stereocenters. The average Bonchev–Trinajstić information content (AvgIpc) is 2.02. The molecule has 0 rings (SSSR count). The van der Waals surface area contributed by atoms with E-state index >= 15 is 0 Å². The summed E-state index contributed by atoms with van der Waals surface area (Å²) in [7, 11) is 3.38. The van der Waals surface area contributed by atoms with Crippen LogP contribution in [0, 0.1) is 0 Å². The van der Waals surface area contributed by atoms with Crippen molar-refractivity contribution in [1.82, 2.24) is 4.90 Å². The lowest BCUT2D eigenvalue weighted by atomic mass is 10.2. The highest BCUT2D eigenvalue weighted by Gasteiger charge is 2.20.